The van der Waals surface area contributed by atoms with Crippen LogP contribution in [0.15, 0.2) is 18.3 Å². The molecule has 1 unspecified atom stereocenters. The number of nitrogens with one attached hydrogen (secondary N) is 1. The van der Waals surface area contributed by atoms with E-state index in [1.165, 1.54) is 6.26 Å². The summed E-state index contributed by atoms with van der Waals surface area (Å²) in [6, 6.07) is 3.59. The zero-order valence-electron chi connectivity index (χ0n) is 9.19. The van der Waals surface area contributed by atoms with E-state index >= 15 is 0 Å². The molecule has 4 nitrogen and oxygen atoms in total. The Hall–Kier alpha value is -0.940. The van der Waals surface area contributed by atoms with Crippen molar-refractivity contribution in [3.05, 3.63) is 29.6 Å². The summed E-state index contributed by atoms with van der Waals surface area (Å²) in [6.07, 6.45) is 2.95. The van der Waals surface area contributed by atoms with Crippen molar-refractivity contribution in [1.82, 2.24) is 10.3 Å². The minimum atomic E-state index is -2.98. The van der Waals surface area contributed by atoms with E-state index in [-0.39, 0.29) is 11.8 Å². The van der Waals surface area contributed by atoms with E-state index < -0.39 is 9.84 Å². The summed E-state index contributed by atoms with van der Waals surface area (Å²) in [6.45, 7) is 1.90. The molecule has 1 aromatic heterocycles. The number of rotatable bonds is 4. The molecule has 0 aliphatic carbocycles. The summed E-state index contributed by atoms with van der Waals surface area (Å²) in [5.41, 5.74) is 1.82. The van der Waals surface area contributed by atoms with E-state index in [0.717, 1.165) is 11.3 Å². The van der Waals surface area contributed by atoms with Gasteiger partial charge < -0.3 is 5.32 Å². The molecule has 0 saturated carbocycles. The summed E-state index contributed by atoms with van der Waals surface area (Å²) >= 11 is 0. The fourth-order valence-electron chi connectivity index (χ4n) is 1.33. The van der Waals surface area contributed by atoms with Crippen molar-refractivity contribution >= 4 is 9.84 Å². The van der Waals surface area contributed by atoms with Gasteiger partial charge in [0.25, 0.3) is 0 Å². The molecule has 0 radical (unpaired) electrons. The first-order valence-corrected chi connectivity index (χ1v) is 6.76. The normalized spacial score (nSPS) is 13.8. The predicted octanol–water partition coefficient (Wildman–Crippen LogP) is 0.695. The van der Waals surface area contributed by atoms with Crippen LogP contribution in [-0.4, -0.2) is 32.5 Å². The number of sulfone groups is 1. The molecule has 0 aliphatic rings. The van der Waals surface area contributed by atoms with Crippen LogP contribution in [0, 0.1) is 6.92 Å². The van der Waals surface area contributed by atoms with Gasteiger partial charge >= 0.3 is 0 Å². The van der Waals surface area contributed by atoms with Crippen LogP contribution in [0.1, 0.15) is 17.3 Å². The highest BCUT2D eigenvalue weighted by molar-refractivity contribution is 7.90. The third kappa shape index (κ3) is 3.97. The highest BCUT2D eigenvalue weighted by Crippen LogP contribution is 2.13. The molecular formula is C10H16N2O2S. The van der Waals surface area contributed by atoms with E-state index in [4.69, 9.17) is 0 Å². The lowest BCUT2D eigenvalue weighted by atomic mass is 10.1. The Labute approximate surface area is 90.7 Å². The molecule has 1 aromatic rings. The minimum Gasteiger partial charge on any atom is -0.312 e. The van der Waals surface area contributed by atoms with Gasteiger partial charge in [0.15, 0.2) is 0 Å². The van der Waals surface area contributed by atoms with Crippen LogP contribution >= 0.6 is 0 Å². The predicted molar refractivity (Wildman–Crippen MR) is 60.5 cm³/mol. The lowest BCUT2D eigenvalue weighted by Crippen LogP contribution is -2.24. The second-order valence-corrected chi connectivity index (χ2v) is 5.85. The maximum Gasteiger partial charge on any atom is 0.149 e. The Balaban J connectivity index is 2.88. The maximum absolute atomic E-state index is 11.2. The van der Waals surface area contributed by atoms with Gasteiger partial charge in [-0.05, 0) is 25.6 Å². The molecule has 15 heavy (non-hydrogen) atoms. The van der Waals surface area contributed by atoms with Gasteiger partial charge in [0.2, 0.25) is 0 Å². The van der Waals surface area contributed by atoms with Crippen molar-refractivity contribution < 1.29 is 8.42 Å². The van der Waals surface area contributed by atoms with Gasteiger partial charge in [-0.15, -0.1) is 0 Å². The first-order chi connectivity index (χ1) is 6.92. The summed E-state index contributed by atoms with van der Waals surface area (Å²) in [7, 11) is -1.24. The van der Waals surface area contributed by atoms with Crippen molar-refractivity contribution in [2.24, 2.45) is 0 Å². The minimum absolute atomic E-state index is 0.0915. The number of hydrogen-bond acceptors (Lipinski definition) is 4. The fourth-order valence-corrected chi connectivity index (χ4v) is 2.30. The van der Waals surface area contributed by atoms with Crippen LogP contribution in [0.25, 0.3) is 0 Å². The molecule has 0 fully saturated rings. The number of hydrogen-bond donors (Lipinski definition) is 1. The number of nitrogens with zero attached hydrogens (tertiary/aromatic N) is 1. The molecule has 0 saturated heterocycles. The lowest BCUT2D eigenvalue weighted by Gasteiger charge is -2.14. The fraction of sp³-hybridized carbons (Fsp3) is 0.500. The zero-order valence-corrected chi connectivity index (χ0v) is 10.0. The summed E-state index contributed by atoms with van der Waals surface area (Å²) in [4.78, 5) is 4.14. The molecule has 0 bridgehead atoms. The molecule has 0 spiro atoms. The van der Waals surface area contributed by atoms with Crippen LogP contribution in [0.4, 0.5) is 0 Å². The SMILES string of the molecule is CNC(CS(C)(=O)=O)c1ccc(C)nc1. The lowest BCUT2D eigenvalue weighted by molar-refractivity contribution is 0.579. The molecular weight excluding hydrogens is 212 g/mol. The highest BCUT2D eigenvalue weighted by Gasteiger charge is 2.15. The Kier molecular flexibility index (Phi) is 3.82. The Bertz CT molecular complexity index is 412. The first kappa shape index (κ1) is 12.1. The van der Waals surface area contributed by atoms with Gasteiger partial charge in [-0.1, -0.05) is 6.07 Å². The van der Waals surface area contributed by atoms with Crippen LogP contribution in [-0.2, 0) is 9.84 Å². The molecule has 0 aliphatic heterocycles. The van der Waals surface area contributed by atoms with Gasteiger partial charge in [0.05, 0.1) is 5.75 Å². The van der Waals surface area contributed by atoms with Crippen LogP contribution in [0.2, 0.25) is 0 Å². The molecule has 0 aromatic carbocycles. The quantitative estimate of drug-likeness (QED) is 0.824. The summed E-state index contributed by atoms with van der Waals surface area (Å²) < 4.78 is 22.4. The second-order valence-electron chi connectivity index (χ2n) is 3.67. The highest BCUT2D eigenvalue weighted by atomic mass is 32.2. The van der Waals surface area contributed by atoms with Crippen LogP contribution in [0.3, 0.4) is 0 Å². The Morgan fingerprint density at radius 1 is 1.47 bits per heavy atom. The first-order valence-electron chi connectivity index (χ1n) is 4.70. The third-order valence-corrected chi connectivity index (χ3v) is 3.09. The molecule has 1 N–H and O–H groups in total. The topological polar surface area (TPSA) is 59.1 Å². The van der Waals surface area contributed by atoms with E-state index in [9.17, 15) is 8.42 Å². The summed E-state index contributed by atoms with van der Waals surface area (Å²) in [5.74, 6) is 0.0915. The summed E-state index contributed by atoms with van der Waals surface area (Å²) in [5, 5.41) is 2.98. The smallest absolute Gasteiger partial charge is 0.149 e. The van der Waals surface area contributed by atoms with Crippen molar-refractivity contribution in [3.8, 4) is 0 Å². The average Bonchev–Trinajstić information content (AvgIpc) is 2.14. The van der Waals surface area contributed by atoms with Crippen LogP contribution in [0.5, 0.6) is 0 Å². The number of aryl methyl sites for hydroxylation is 1. The van der Waals surface area contributed by atoms with E-state index in [2.05, 4.69) is 10.3 Å². The van der Waals surface area contributed by atoms with Gasteiger partial charge in [-0.25, -0.2) is 8.42 Å². The van der Waals surface area contributed by atoms with Gasteiger partial charge in [0.1, 0.15) is 9.84 Å². The molecule has 0 amide bonds. The molecule has 84 valence electrons. The van der Waals surface area contributed by atoms with Crippen LogP contribution < -0.4 is 5.32 Å². The Morgan fingerprint density at radius 2 is 2.13 bits per heavy atom. The average molecular weight is 228 g/mol. The monoisotopic (exact) mass is 228 g/mol. The van der Waals surface area contributed by atoms with Crippen molar-refractivity contribution in [3.63, 3.8) is 0 Å². The van der Waals surface area contributed by atoms with E-state index in [1.54, 1.807) is 13.2 Å². The van der Waals surface area contributed by atoms with E-state index in [0.29, 0.717) is 0 Å². The second kappa shape index (κ2) is 4.72. The van der Waals surface area contributed by atoms with Gasteiger partial charge in [-0.3, -0.25) is 4.98 Å². The van der Waals surface area contributed by atoms with Crippen molar-refractivity contribution in [2.75, 3.05) is 19.1 Å². The molecule has 1 atom stereocenters. The van der Waals surface area contributed by atoms with Crippen molar-refractivity contribution in [1.29, 1.82) is 0 Å². The largest absolute Gasteiger partial charge is 0.312 e. The standard InChI is InChI=1S/C10H16N2O2S/c1-8-4-5-9(6-12-8)10(11-2)7-15(3,13)14/h4-6,10-11H,7H2,1-3H3. The van der Waals surface area contributed by atoms with E-state index in [1.807, 2.05) is 19.1 Å². The molecule has 5 heteroatoms. The van der Waals surface area contributed by atoms with Gasteiger partial charge in [-0.2, -0.15) is 0 Å². The van der Waals surface area contributed by atoms with Gasteiger partial charge in [0, 0.05) is 24.2 Å². The Morgan fingerprint density at radius 3 is 2.53 bits per heavy atom. The van der Waals surface area contributed by atoms with Crippen molar-refractivity contribution in [2.45, 2.75) is 13.0 Å². The number of aromatic nitrogens is 1. The third-order valence-electron chi connectivity index (χ3n) is 2.15. The molecule has 1 rings (SSSR count). The maximum atomic E-state index is 11.2. The number of pyridine rings is 1. The molecule has 1 heterocycles. The zero-order chi connectivity index (χ0) is 11.5.